The standard InChI is InChI=1S/C16H13FN2O2/c1-10-18-13-7-2-3-8-14(13)19(10)9-11-5-4-6-12(15(11)17)16(20)21/h2-8H,9H2,1H3,(H,20,21). The average molecular weight is 284 g/mol. The summed E-state index contributed by atoms with van der Waals surface area (Å²) in [5.41, 5.74) is 1.76. The summed E-state index contributed by atoms with van der Waals surface area (Å²) >= 11 is 0. The molecule has 3 rings (SSSR count). The number of nitrogens with zero attached hydrogens (tertiary/aromatic N) is 2. The number of imidazole rings is 1. The van der Waals surface area contributed by atoms with Gasteiger partial charge in [0.1, 0.15) is 11.6 Å². The second-order valence-electron chi connectivity index (χ2n) is 4.82. The van der Waals surface area contributed by atoms with Crippen molar-refractivity contribution in [2.24, 2.45) is 0 Å². The Balaban J connectivity index is 2.09. The zero-order valence-electron chi connectivity index (χ0n) is 11.4. The minimum atomic E-state index is -1.26. The molecule has 0 aliphatic carbocycles. The van der Waals surface area contributed by atoms with E-state index in [2.05, 4.69) is 4.98 Å². The smallest absolute Gasteiger partial charge is 0.338 e. The van der Waals surface area contributed by atoms with E-state index in [-0.39, 0.29) is 12.1 Å². The van der Waals surface area contributed by atoms with Crippen molar-refractivity contribution in [3.05, 3.63) is 65.2 Å². The highest BCUT2D eigenvalue weighted by atomic mass is 19.1. The second-order valence-corrected chi connectivity index (χ2v) is 4.82. The molecule has 0 saturated heterocycles. The number of benzene rings is 2. The van der Waals surface area contributed by atoms with Crippen LogP contribution in [0, 0.1) is 12.7 Å². The van der Waals surface area contributed by atoms with Gasteiger partial charge in [-0.1, -0.05) is 24.3 Å². The number of aromatic nitrogens is 2. The largest absolute Gasteiger partial charge is 0.478 e. The molecule has 5 heteroatoms. The van der Waals surface area contributed by atoms with Crippen LogP contribution in [-0.2, 0) is 6.54 Å². The van der Waals surface area contributed by atoms with Crippen LogP contribution in [0.5, 0.6) is 0 Å². The van der Waals surface area contributed by atoms with Crippen LogP contribution in [0.15, 0.2) is 42.5 Å². The van der Waals surface area contributed by atoms with Gasteiger partial charge in [-0.3, -0.25) is 0 Å². The monoisotopic (exact) mass is 284 g/mol. The zero-order valence-corrected chi connectivity index (χ0v) is 11.4. The van der Waals surface area contributed by atoms with Gasteiger partial charge in [-0.05, 0) is 25.1 Å². The van der Waals surface area contributed by atoms with E-state index in [1.54, 1.807) is 12.1 Å². The van der Waals surface area contributed by atoms with Crippen molar-refractivity contribution in [3.63, 3.8) is 0 Å². The number of carboxylic acid groups (broad SMARTS) is 1. The quantitative estimate of drug-likeness (QED) is 0.803. The highest BCUT2D eigenvalue weighted by Gasteiger charge is 2.15. The number of rotatable bonds is 3. The van der Waals surface area contributed by atoms with Gasteiger partial charge in [0.25, 0.3) is 0 Å². The first-order chi connectivity index (χ1) is 10.1. The number of para-hydroxylation sites is 2. The molecule has 0 aliphatic heterocycles. The van der Waals surface area contributed by atoms with Gasteiger partial charge in [-0.15, -0.1) is 0 Å². The average Bonchev–Trinajstić information content (AvgIpc) is 2.77. The summed E-state index contributed by atoms with van der Waals surface area (Å²) in [5.74, 6) is -1.19. The molecule has 0 amide bonds. The lowest BCUT2D eigenvalue weighted by Gasteiger charge is -2.09. The second kappa shape index (κ2) is 5.01. The SMILES string of the molecule is Cc1nc2ccccc2n1Cc1cccc(C(=O)O)c1F. The maximum atomic E-state index is 14.2. The lowest BCUT2D eigenvalue weighted by atomic mass is 10.1. The topological polar surface area (TPSA) is 55.1 Å². The molecule has 0 radical (unpaired) electrons. The summed E-state index contributed by atoms with van der Waals surface area (Å²) in [4.78, 5) is 15.4. The minimum Gasteiger partial charge on any atom is -0.478 e. The van der Waals surface area contributed by atoms with Crippen LogP contribution in [0.1, 0.15) is 21.7 Å². The number of halogens is 1. The minimum absolute atomic E-state index is 0.249. The summed E-state index contributed by atoms with van der Waals surface area (Å²) in [6.45, 7) is 2.10. The number of fused-ring (bicyclic) bond motifs is 1. The van der Waals surface area contributed by atoms with Gasteiger partial charge in [-0.2, -0.15) is 0 Å². The zero-order chi connectivity index (χ0) is 15.0. The fourth-order valence-electron chi connectivity index (χ4n) is 2.43. The lowest BCUT2D eigenvalue weighted by Crippen LogP contribution is -2.08. The third-order valence-corrected chi connectivity index (χ3v) is 3.48. The predicted molar refractivity (Wildman–Crippen MR) is 76.9 cm³/mol. The number of aromatic carboxylic acids is 1. The van der Waals surface area contributed by atoms with E-state index in [0.717, 1.165) is 16.9 Å². The van der Waals surface area contributed by atoms with E-state index < -0.39 is 11.8 Å². The third kappa shape index (κ3) is 2.27. The Morgan fingerprint density at radius 3 is 2.76 bits per heavy atom. The van der Waals surface area contributed by atoms with Crippen LogP contribution in [0.4, 0.5) is 4.39 Å². The van der Waals surface area contributed by atoms with Gasteiger partial charge in [0.2, 0.25) is 0 Å². The number of hydrogen-bond acceptors (Lipinski definition) is 2. The summed E-state index contributed by atoms with van der Waals surface area (Å²) in [5, 5.41) is 8.98. The van der Waals surface area contributed by atoms with E-state index in [4.69, 9.17) is 5.11 Å². The first kappa shape index (κ1) is 13.3. The molecule has 2 aromatic carbocycles. The number of carbonyl (C=O) groups is 1. The first-order valence-corrected chi connectivity index (χ1v) is 6.50. The van der Waals surface area contributed by atoms with Gasteiger partial charge in [0, 0.05) is 5.56 Å². The molecular formula is C16H13FN2O2. The summed E-state index contributed by atoms with van der Waals surface area (Å²) in [6, 6.07) is 12.0. The van der Waals surface area contributed by atoms with Crippen LogP contribution in [0.2, 0.25) is 0 Å². The molecular weight excluding hydrogens is 271 g/mol. The van der Waals surface area contributed by atoms with Crippen molar-refractivity contribution in [1.29, 1.82) is 0 Å². The van der Waals surface area contributed by atoms with Crippen molar-refractivity contribution < 1.29 is 14.3 Å². The molecule has 0 bridgehead atoms. The van der Waals surface area contributed by atoms with E-state index in [0.29, 0.717) is 5.56 Å². The molecule has 3 aromatic rings. The van der Waals surface area contributed by atoms with Crippen molar-refractivity contribution in [1.82, 2.24) is 9.55 Å². The van der Waals surface area contributed by atoms with Crippen LogP contribution in [-0.4, -0.2) is 20.6 Å². The highest BCUT2D eigenvalue weighted by Crippen LogP contribution is 2.20. The summed E-state index contributed by atoms with van der Waals surface area (Å²) < 4.78 is 16.1. The molecule has 0 atom stereocenters. The van der Waals surface area contributed by atoms with Crippen molar-refractivity contribution in [3.8, 4) is 0 Å². The fraction of sp³-hybridized carbons (Fsp3) is 0.125. The maximum absolute atomic E-state index is 14.2. The predicted octanol–water partition coefficient (Wildman–Crippen LogP) is 3.23. The Labute approximate surface area is 120 Å². The van der Waals surface area contributed by atoms with E-state index in [1.807, 2.05) is 35.8 Å². The van der Waals surface area contributed by atoms with Gasteiger partial charge in [-0.25, -0.2) is 14.2 Å². The van der Waals surface area contributed by atoms with Crippen LogP contribution in [0.25, 0.3) is 11.0 Å². The third-order valence-electron chi connectivity index (χ3n) is 3.48. The molecule has 106 valence electrons. The van der Waals surface area contributed by atoms with Crippen LogP contribution in [0.3, 0.4) is 0 Å². The van der Waals surface area contributed by atoms with Crippen molar-refractivity contribution >= 4 is 17.0 Å². The maximum Gasteiger partial charge on any atom is 0.338 e. The van der Waals surface area contributed by atoms with Crippen molar-refractivity contribution in [2.45, 2.75) is 13.5 Å². The highest BCUT2D eigenvalue weighted by molar-refractivity contribution is 5.88. The Morgan fingerprint density at radius 1 is 1.24 bits per heavy atom. The molecule has 21 heavy (non-hydrogen) atoms. The fourth-order valence-corrected chi connectivity index (χ4v) is 2.43. The molecule has 1 N–H and O–H groups in total. The molecule has 1 aromatic heterocycles. The van der Waals surface area contributed by atoms with Gasteiger partial charge < -0.3 is 9.67 Å². The number of carboxylic acids is 1. The lowest BCUT2D eigenvalue weighted by molar-refractivity contribution is 0.0691. The van der Waals surface area contributed by atoms with Crippen molar-refractivity contribution in [2.75, 3.05) is 0 Å². The molecule has 0 saturated carbocycles. The first-order valence-electron chi connectivity index (χ1n) is 6.50. The van der Waals surface area contributed by atoms with Gasteiger partial charge in [0.05, 0.1) is 23.1 Å². The van der Waals surface area contributed by atoms with E-state index in [9.17, 15) is 9.18 Å². The molecule has 0 spiro atoms. The summed E-state index contributed by atoms with van der Waals surface area (Å²) in [7, 11) is 0. The molecule has 1 heterocycles. The van der Waals surface area contributed by atoms with Crippen LogP contribution < -0.4 is 0 Å². The normalized spacial score (nSPS) is 11.0. The van der Waals surface area contributed by atoms with Gasteiger partial charge >= 0.3 is 5.97 Å². The summed E-state index contributed by atoms with van der Waals surface area (Å²) in [6.07, 6.45) is 0. The molecule has 4 nitrogen and oxygen atoms in total. The van der Waals surface area contributed by atoms with E-state index in [1.165, 1.54) is 6.07 Å². The Bertz CT molecular complexity index is 839. The van der Waals surface area contributed by atoms with Crippen LogP contribution >= 0.6 is 0 Å². The molecule has 0 unspecified atom stereocenters. The van der Waals surface area contributed by atoms with E-state index >= 15 is 0 Å². The Hall–Kier alpha value is -2.69. The molecule has 0 fully saturated rings. The van der Waals surface area contributed by atoms with Gasteiger partial charge in [0.15, 0.2) is 0 Å². The number of aryl methyl sites for hydroxylation is 1. The molecule has 0 aliphatic rings. The number of hydrogen-bond donors (Lipinski definition) is 1. The Kier molecular flexibility index (Phi) is 3.17. The Morgan fingerprint density at radius 2 is 2.00 bits per heavy atom.